The van der Waals surface area contributed by atoms with Gasteiger partial charge in [-0.25, -0.2) is 10.7 Å². The largest absolute Gasteiger partial charge is 0.442 e. The van der Waals surface area contributed by atoms with Crippen LogP contribution in [0.2, 0.25) is 0 Å². The second kappa shape index (κ2) is 15.1. The fraction of sp³-hybridized carbons (Fsp3) is 0.800. The molecule has 0 spiro atoms. The molecule has 0 rings (SSSR count). The van der Waals surface area contributed by atoms with Gasteiger partial charge in [0.15, 0.2) is 6.61 Å². The van der Waals surface area contributed by atoms with Crippen LogP contribution in [0.1, 0.15) is 20.8 Å². The summed E-state index contributed by atoms with van der Waals surface area (Å²) in [5.74, 6) is 4.02. The number of hydrogen-bond donors (Lipinski definition) is 4. The van der Waals surface area contributed by atoms with Crippen LogP contribution in [0.15, 0.2) is 0 Å². The van der Waals surface area contributed by atoms with E-state index < -0.39 is 17.6 Å². The van der Waals surface area contributed by atoms with E-state index in [1.807, 2.05) is 5.48 Å². The van der Waals surface area contributed by atoms with Gasteiger partial charge in [0.25, 0.3) is 0 Å². The lowest BCUT2D eigenvalue weighted by Gasteiger charge is -2.19. The summed E-state index contributed by atoms with van der Waals surface area (Å²) in [6, 6.07) is 0. The fourth-order valence-corrected chi connectivity index (χ4v) is 1.48. The molecular weight excluding hydrogens is 364 g/mol. The van der Waals surface area contributed by atoms with Crippen LogP contribution in [0.3, 0.4) is 0 Å². The summed E-state index contributed by atoms with van der Waals surface area (Å²) in [6.07, 6.45) is -0.772. The van der Waals surface area contributed by atoms with Crippen molar-refractivity contribution in [3.63, 3.8) is 0 Å². The van der Waals surface area contributed by atoms with E-state index in [2.05, 4.69) is 15.5 Å². The van der Waals surface area contributed by atoms with Crippen molar-refractivity contribution in [2.24, 2.45) is 5.90 Å². The van der Waals surface area contributed by atoms with Crippen LogP contribution < -0.4 is 22.0 Å². The molecule has 0 fully saturated rings. The molecule has 0 aromatic heterocycles. The predicted octanol–water partition coefficient (Wildman–Crippen LogP) is -1.40. The Bertz CT molecular complexity index is 442. The summed E-state index contributed by atoms with van der Waals surface area (Å²) in [6.45, 7) is 6.52. The van der Waals surface area contributed by atoms with Crippen LogP contribution >= 0.6 is 0 Å². The third-order valence-electron chi connectivity index (χ3n) is 2.48. The first-order valence-corrected chi connectivity index (χ1v) is 8.36. The predicted molar refractivity (Wildman–Crippen MR) is 93.1 cm³/mol. The number of carbonyl (C=O) groups is 3. The first-order valence-electron chi connectivity index (χ1n) is 8.36. The minimum Gasteiger partial charge on any atom is -0.442 e. The van der Waals surface area contributed by atoms with Crippen LogP contribution in [0.5, 0.6) is 0 Å². The van der Waals surface area contributed by atoms with Gasteiger partial charge < -0.3 is 24.8 Å². The van der Waals surface area contributed by atoms with E-state index in [9.17, 15) is 14.4 Å². The minimum atomic E-state index is -0.772. The van der Waals surface area contributed by atoms with E-state index in [0.717, 1.165) is 0 Å². The van der Waals surface area contributed by atoms with Gasteiger partial charge >= 0.3 is 6.09 Å². The molecule has 0 atom stereocenters. The average molecular weight is 394 g/mol. The lowest BCUT2D eigenvalue weighted by Crippen LogP contribution is -2.37. The van der Waals surface area contributed by atoms with Crippen molar-refractivity contribution in [3.05, 3.63) is 0 Å². The zero-order valence-corrected chi connectivity index (χ0v) is 16.0. The van der Waals surface area contributed by atoms with Crippen molar-refractivity contribution in [3.8, 4) is 0 Å². The Morgan fingerprint density at radius 1 is 0.852 bits per heavy atom. The lowest BCUT2D eigenvalue weighted by molar-refractivity contribution is -0.128. The molecule has 5 N–H and O–H groups in total. The van der Waals surface area contributed by atoms with E-state index in [4.69, 9.17) is 24.9 Å². The second-order valence-corrected chi connectivity index (χ2v) is 6.13. The van der Waals surface area contributed by atoms with Gasteiger partial charge in [0.2, 0.25) is 11.8 Å². The van der Waals surface area contributed by atoms with Crippen molar-refractivity contribution in [1.82, 2.24) is 16.1 Å². The molecule has 0 saturated heterocycles. The number of nitrogens with one attached hydrogen (secondary N) is 3. The highest BCUT2D eigenvalue weighted by molar-refractivity contribution is 5.77. The van der Waals surface area contributed by atoms with Gasteiger partial charge in [0.1, 0.15) is 12.2 Å². The quantitative estimate of drug-likeness (QED) is 0.205. The van der Waals surface area contributed by atoms with Gasteiger partial charge in [-0.15, -0.1) is 0 Å². The monoisotopic (exact) mass is 394 g/mol. The molecule has 0 saturated carbocycles. The Balaban J connectivity index is 3.39. The molecule has 3 amide bonds. The molecule has 0 aliphatic rings. The third-order valence-corrected chi connectivity index (χ3v) is 2.48. The maximum atomic E-state index is 11.5. The summed E-state index contributed by atoms with van der Waals surface area (Å²) < 4.78 is 15.4. The highest BCUT2D eigenvalue weighted by Gasteiger charge is 2.16. The first kappa shape index (κ1) is 25.0. The van der Waals surface area contributed by atoms with E-state index in [1.165, 1.54) is 0 Å². The van der Waals surface area contributed by atoms with Gasteiger partial charge in [0.05, 0.1) is 26.4 Å². The van der Waals surface area contributed by atoms with Crippen molar-refractivity contribution < 1.29 is 38.3 Å². The number of carbonyl (C=O) groups excluding carboxylic acids is 3. The standard InChI is InChI=1S/C15H30N4O8/c1-15(2,3)27-14(22)19-26-11-13(21)18-5-7-24-9-8-23-6-4-17-12(20)10-25-16/h4-11,16H2,1-3H3,(H,17,20)(H,18,21)(H,19,22). The minimum absolute atomic E-state index is 0.197. The summed E-state index contributed by atoms with van der Waals surface area (Å²) in [7, 11) is 0. The summed E-state index contributed by atoms with van der Waals surface area (Å²) >= 11 is 0. The molecule has 0 heterocycles. The number of rotatable bonds is 14. The van der Waals surface area contributed by atoms with Gasteiger partial charge in [-0.2, -0.15) is 5.48 Å². The van der Waals surface area contributed by atoms with E-state index in [1.54, 1.807) is 20.8 Å². The molecule has 0 aromatic carbocycles. The molecular formula is C15H30N4O8. The fourth-order valence-electron chi connectivity index (χ4n) is 1.48. The van der Waals surface area contributed by atoms with Crippen molar-refractivity contribution >= 4 is 17.9 Å². The molecule has 12 heteroatoms. The van der Waals surface area contributed by atoms with Gasteiger partial charge in [-0.3, -0.25) is 19.3 Å². The van der Waals surface area contributed by atoms with Gasteiger partial charge in [0, 0.05) is 13.1 Å². The van der Waals surface area contributed by atoms with Crippen molar-refractivity contribution in [2.75, 3.05) is 52.7 Å². The molecule has 27 heavy (non-hydrogen) atoms. The third kappa shape index (κ3) is 18.6. The van der Waals surface area contributed by atoms with E-state index in [0.29, 0.717) is 33.0 Å². The average Bonchev–Trinajstić information content (AvgIpc) is 2.55. The molecule has 158 valence electrons. The summed E-state index contributed by atoms with van der Waals surface area (Å²) in [4.78, 5) is 42.6. The number of nitrogens with two attached hydrogens (primary N) is 1. The first-order chi connectivity index (χ1) is 12.7. The zero-order valence-electron chi connectivity index (χ0n) is 16.0. The second-order valence-electron chi connectivity index (χ2n) is 6.13. The number of hydrogen-bond acceptors (Lipinski definition) is 9. The maximum absolute atomic E-state index is 11.5. The molecule has 0 aliphatic heterocycles. The molecule has 0 unspecified atom stereocenters. The normalized spacial score (nSPS) is 11.0. The topological polar surface area (TPSA) is 159 Å². The van der Waals surface area contributed by atoms with Gasteiger partial charge in [-0.1, -0.05) is 0 Å². The highest BCUT2D eigenvalue weighted by Crippen LogP contribution is 2.06. The lowest BCUT2D eigenvalue weighted by atomic mass is 10.2. The number of ether oxygens (including phenoxy) is 3. The molecule has 0 aliphatic carbocycles. The molecule has 0 bridgehead atoms. The zero-order chi connectivity index (χ0) is 20.5. The van der Waals surface area contributed by atoms with E-state index in [-0.39, 0.29) is 25.7 Å². The van der Waals surface area contributed by atoms with Crippen molar-refractivity contribution in [2.45, 2.75) is 26.4 Å². The van der Waals surface area contributed by atoms with Crippen LogP contribution in [0.25, 0.3) is 0 Å². The number of amides is 3. The maximum Gasteiger partial charge on any atom is 0.431 e. The van der Waals surface area contributed by atoms with Crippen molar-refractivity contribution in [1.29, 1.82) is 0 Å². The molecule has 0 aromatic rings. The Morgan fingerprint density at radius 3 is 1.85 bits per heavy atom. The molecule has 12 nitrogen and oxygen atoms in total. The van der Waals surface area contributed by atoms with Gasteiger partial charge in [-0.05, 0) is 20.8 Å². The summed E-state index contributed by atoms with van der Waals surface area (Å²) in [5.41, 5.74) is 1.36. The van der Waals surface area contributed by atoms with Crippen LogP contribution in [-0.2, 0) is 33.5 Å². The van der Waals surface area contributed by atoms with Crippen LogP contribution in [-0.4, -0.2) is 76.2 Å². The van der Waals surface area contributed by atoms with Crippen LogP contribution in [0.4, 0.5) is 4.79 Å². The Kier molecular flexibility index (Phi) is 14.0. The Morgan fingerprint density at radius 2 is 1.37 bits per heavy atom. The number of hydroxylamine groups is 1. The Hall–Kier alpha value is -1.99. The summed E-state index contributed by atoms with van der Waals surface area (Å²) in [5, 5.41) is 5.09. The highest BCUT2D eigenvalue weighted by atomic mass is 16.7. The van der Waals surface area contributed by atoms with E-state index >= 15 is 0 Å². The molecule has 0 radical (unpaired) electrons. The SMILES string of the molecule is CC(C)(C)OC(=O)NOCC(=O)NCCOCCOCCNC(=O)CON. The van der Waals surface area contributed by atoms with Crippen LogP contribution in [0, 0.1) is 0 Å². The Labute approximate surface area is 158 Å². The smallest absolute Gasteiger partial charge is 0.431 e.